The van der Waals surface area contributed by atoms with Gasteiger partial charge in [-0.25, -0.2) is 4.98 Å². The van der Waals surface area contributed by atoms with Crippen LogP contribution in [0.4, 0.5) is 0 Å². The molecule has 0 radical (unpaired) electrons. The first kappa shape index (κ1) is 12.9. The van der Waals surface area contributed by atoms with Crippen LogP contribution in [0.1, 0.15) is 24.2 Å². The molecule has 5 heteroatoms. The van der Waals surface area contributed by atoms with Crippen LogP contribution in [0, 0.1) is 5.92 Å². The highest BCUT2D eigenvalue weighted by Gasteiger charge is 2.13. The third kappa shape index (κ3) is 3.47. The third-order valence-corrected chi connectivity index (χ3v) is 2.55. The van der Waals surface area contributed by atoms with Crippen LogP contribution in [0.5, 0.6) is 0 Å². The zero-order valence-corrected chi connectivity index (χ0v) is 10.0. The Kier molecular flexibility index (Phi) is 4.71. The summed E-state index contributed by atoms with van der Waals surface area (Å²) in [5.74, 6) is -0.220. The number of hydrogen-bond donors (Lipinski definition) is 2. The Balaban J connectivity index is 2.57. The number of pyridine rings is 1. The van der Waals surface area contributed by atoms with Crippen molar-refractivity contribution in [2.75, 3.05) is 6.54 Å². The summed E-state index contributed by atoms with van der Waals surface area (Å²) in [6.07, 6.45) is 0.960. The summed E-state index contributed by atoms with van der Waals surface area (Å²) in [4.78, 5) is 15.5. The number of carbonyl (C=O) groups is 1. The van der Waals surface area contributed by atoms with Gasteiger partial charge in [-0.1, -0.05) is 25.4 Å². The number of nitrogens with zero attached hydrogens (tertiary/aromatic N) is 1. The minimum atomic E-state index is -0.556. The number of hydrogen-bond acceptors (Lipinski definition) is 3. The summed E-state index contributed by atoms with van der Waals surface area (Å²) in [6, 6.07) is 3.23. The molecule has 0 aromatic carbocycles. The molecule has 4 nitrogen and oxygen atoms in total. The van der Waals surface area contributed by atoms with E-state index in [9.17, 15) is 9.90 Å². The number of aliphatic hydroxyl groups excluding tert-OH is 1. The SMILES string of the molecule is CC(C)C(O)CNC(=O)c1cccnc1Cl. The zero-order valence-electron chi connectivity index (χ0n) is 9.27. The molecule has 88 valence electrons. The van der Waals surface area contributed by atoms with Gasteiger partial charge in [-0.3, -0.25) is 4.79 Å². The molecule has 0 fully saturated rings. The van der Waals surface area contributed by atoms with Gasteiger partial charge >= 0.3 is 0 Å². The van der Waals surface area contributed by atoms with E-state index >= 15 is 0 Å². The van der Waals surface area contributed by atoms with Crippen molar-refractivity contribution in [3.63, 3.8) is 0 Å². The van der Waals surface area contributed by atoms with Crippen LogP contribution in [0.25, 0.3) is 0 Å². The second kappa shape index (κ2) is 5.82. The van der Waals surface area contributed by atoms with Crippen molar-refractivity contribution >= 4 is 17.5 Å². The number of nitrogens with one attached hydrogen (secondary N) is 1. The van der Waals surface area contributed by atoms with Crippen molar-refractivity contribution in [3.8, 4) is 0 Å². The van der Waals surface area contributed by atoms with Gasteiger partial charge in [0.25, 0.3) is 5.91 Å². The molecular weight excluding hydrogens is 228 g/mol. The van der Waals surface area contributed by atoms with Crippen LogP contribution in [-0.2, 0) is 0 Å². The van der Waals surface area contributed by atoms with E-state index in [2.05, 4.69) is 10.3 Å². The molecule has 2 N–H and O–H groups in total. The quantitative estimate of drug-likeness (QED) is 0.787. The van der Waals surface area contributed by atoms with Crippen LogP contribution in [0.15, 0.2) is 18.3 Å². The molecule has 0 aliphatic heterocycles. The maximum absolute atomic E-state index is 11.6. The number of carbonyl (C=O) groups excluding carboxylic acids is 1. The van der Waals surface area contributed by atoms with Crippen LogP contribution in [-0.4, -0.2) is 28.6 Å². The third-order valence-electron chi connectivity index (χ3n) is 2.25. The highest BCUT2D eigenvalue weighted by molar-refractivity contribution is 6.32. The van der Waals surface area contributed by atoms with E-state index in [0.29, 0.717) is 5.56 Å². The molecule has 1 unspecified atom stereocenters. The average Bonchev–Trinajstić information content (AvgIpc) is 2.25. The second-order valence-corrected chi connectivity index (χ2v) is 4.22. The molecular formula is C11H15ClN2O2. The summed E-state index contributed by atoms with van der Waals surface area (Å²) >= 11 is 5.76. The van der Waals surface area contributed by atoms with Crippen molar-refractivity contribution < 1.29 is 9.90 Å². The lowest BCUT2D eigenvalue weighted by Gasteiger charge is -2.15. The lowest BCUT2D eigenvalue weighted by molar-refractivity contribution is 0.0871. The van der Waals surface area contributed by atoms with E-state index < -0.39 is 6.10 Å². The normalized spacial score (nSPS) is 12.6. The first-order chi connectivity index (χ1) is 7.52. The van der Waals surface area contributed by atoms with E-state index in [0.717, 1.165) is 0 Å². The van der Waals surface area contributed by atoms with Gasteiger partial charge in [0.15, 0.2) is 0 Å². The predicted molar refractivity (Wildman–Crippen MR) is 62.4 cm³/mol. The van der Waals surface area contributed by atoms with Gasteiger partial charge < -0.3 is 10.4 Å². The van der Waals surface area contributed by atoms with Crippen molar-refractivity contribution in [2.24, 2.45) is 5.92 Å². The first-order valence-corrected chi connectivity index (χ1v) is 5.47. The molecule has 1 atom stereocenters. The highest BCUT2D eigenvalue weighted by atomic mass is 35.5. The molecule has 0 spiro atoms. The molecule has 0 saturated carbocycles. The van der Waals surface area contributed by atoms with E-state index in [4.69, 9.17) is 11.6 Å². The predicted octanol–water partition coefficient (Wildman–Crippen LogP) is 1.48. The van der Waals surface area contributed by atoms with Crippen molar-refractivity contribution in [1.29, 1.82) is 0 Å². The standard InChI is InChI=1S/C11H15ClN2O2/c1-7(2)9(15)6-14-11(16)8-4-3-5-13-10(8)12/h3-5,7,9,15H,6H2,1-2H3,(H,14,16). The highest BCUT2D eigenvalue weighted by Crippen LogP contribution is 2.11. The average molecular weight is 243 g/mol. The lowest BCUT2D eigenvalue weighted by Crippen LogP contribution is -2.34. The molecule has 0 saturated heterocycles. The summed E-state index contributed by atoms with van der Waals surface area (Å²) in [5, 5.41) is 12.3. The van der Waals surface area contributed by atoms with E-state index in [1.54, 1.807) is 12.1 Å². The van der Waals surface area contributed by atoms with Gasteiger partial charge in [0.2, 0.25) is 0 Å². The number of aromatic nitrogens is 1. The molecule has 1 amide bonds. The van der Waals surface area contributed by atoms with Crippen molar-refractivity contribution in [2.45, 2.75) is 20.0 Å². The van der Waals surface area contributed by atoms with E-state index in [1.165, 1.54) is 6.20 Å². The molecule has 0 aliphatic carbocycles. The minimum absolute atomic E-state index is 0.102. The number of aliphatic hydroxyl groups is 1. The van der Waals surface area contributed by atoms with Crippen molar-refractivity contribution in [1.82, 2.24) is 10.3 Å². The smallest absolute Gasteiger partial charge is 0.254 e. The Morgan fingerprint density at radius 1 is 1.62 bits per heavy atom. The van der Waals surface area contributed by atoms with Gasteiger partial charge in [0, 0.05) is 12.7 Å². The van der Waals surface area contributed by atoms with Crippen LogP contribution >= 0.6 is 11.6 Å². The molecule has 0 bridgehead atoms. The number of rotatable bonds is 4. The van der Waals surface area contributed by atoms with Crippen LogP contribution in [0.2, 0.25) is 5.15 Å². The summed E-state index contributed by atoms with van der Waals surface area (Å²) in [6.45, 7) is 3.98. The van der Waals surface area contributed by atoms with Gasteiger partial charge in [0.1, 0.15) is 5.15 Å². The molecule has 1 aromatic heterocycles. The summed E-state index contributed by atoms with van der Waals surface area (Å²) in [5.41, 5.74) is 0.320. The maximum Gasteiger partial charge on any atom is 0.254 e. The Morgan fingerprint density at radius 3 is 2.88 bits per heavy atom. The topological polar surface area (TPSA) is 62.2 Å². The fourth-order valence-electron chi connectivity index (χ4n) is 1.08. The fraction of sp³-hybridized carbons (Fsp3) is 0.455. The van der Waals surface area contributed by atoms with Gasteiger partial charge in [-0.05, 0) is 18.1 Å². The summed E-state index contributed by atoms with van der Waals surface area (Å²) < 4.78 is 0. The number of halogens is 1. The molecule has 16 heavy (non-hydrogen) atoms. The zero-order chi connectivity index (χ0) is 12.1. The van der Waals surface area contributed by atoms with E-state index in [1.807, 2.05) is 13.8 Å². The molecule has 0 aliphatic rings. The van der Waals surface area contributed by atoms with Crippen molar-refractivity contribution in [3.05, 3.63) is 29.0 Å². The first-order valence-electron chi connectivity index (χ1n) is 5.09. The maximum atomic E-state index is 11.6. The minimum Gasteiger partial charge on any atom is -0.391 e. The van der Waals surface area contributed by atoms with E-state index in [-0.39, 0.29) is 23.5 Å². The van der Waals surface area contributed by atoms with Gasteiger partial charge in [-0.15, -0.1) is 0 Å². The Bertz CT molecular complexity index is 369. The lowest BCUT2D eigenvalue weighted by atomic mass is 10.1. The Hall–Kier alpha value is -1.13. The van der Waals surface area contributed by atoms with Gasteiger partial charge in [0.05, 0.1) is 11.7 Å². The molecule has 1 heterocycles. The number of amides is 1. The van der Waals surface area contributed by atoms with Crippen LogP contribution < -0.4 is 5.32 Å². The molecule has 1 aromatic rings. The Morgan fingerprint density at radius 2 is 2.31 bits per heavy atom. The summed E-state index contributed by atoms with van der Waals surface area (Å²) in [7, 11) is 0. The molecule has 1 rings (SSSR count). The largest absolute Gasteiger partial charge is 0.391 e. The fourth-order valence-corrected chi connectivity index (χ4v) is 1.29. The Labute approximate surface area is 99.6 Å². The van der Waals surface area contributed by atoms with Crippen LogP contribution in [0.3, 0.4) is 0 Å². The van der Waals surface area contributed by atoms with Gasteiger partial charge in [-0.2, -0.15) is 0 Å². The monoisotopic (exact) mass is 242 g/mol. The second-order valence-electron chi connectivity index (χ2n) is 3.86.